The first kappa shape index (κ1) is 15.4. The average Bonchev–Trinajstić information content (AvgIpc) is 3.15. The van der Waals surface area contributed by atoms with Gasteiger partial charge in [-0.25, -0.2) is 0 Å². The third kappa shape index (κ3) is 1.79. The number of rotatable bonds is 0. The summed E-state index contributed by atoms with van der Waals surface area (Å²) in [6.45, 7) is 4.82. The molecule has 0 radical (unpaired) electrons. The summed E-state index contributed by atoms with van der Waals surface area (Å²) in [4.78, 5) is 0. The highest BCUT2D eigenvalue weighted by Crippen LogP contribution is 2.65. The molecule has 3 N–H and O–H groups in total. The van der Waals surface area contributed by atoms with Gasteiger partial charge in [0.2, 0.25) is 0 Å². The number of aliphatic hydroxyl groups excluding tert-OH is 2. The fourth-order valence-corrected chi connectivity index (χ4v) is 7.47. The van der Waals surface area contributed by atoms with Gasteiger partial charge < -0.3 is 10.2 Å². The number of hydrogen-bond acceptors (Lipinski definition) is 3. The molecule has 0 amide bonds. The molecule has 0 saturated heterocycles. The van der Waals surface area contributed by atoms with Gasteiger partial charge in [-0.3, -0.25) is 5.10 Å². The van der Waals surface area contributed by atoms with Gasteiger partial charge in [0.05, 0.1) is 18.4 Å². The molecule has 3 saturated carbocycles. The van der Waals surface area contributed by atoms with E-state index in [9.17, 15) is 10.2 Å². The summed E-state index contributed by atoms with van der Waals surface area (Å²) in [5.41, 5.74) is 2.98. The maximum absolute atomic E-state index is 11.1. The second-order valence-corrected chi connectivity index (χ2v) is 9.72. The van der Waals surface area contributed by atoms with Crippen LogP contribution in [0.15, 0.2) is 6.20 Å². The molecule has 1 aromatic rings. The summed E-state index contributed by atoms with van der Waals surface area (Å²) < 4.78 is 0. The first-order chi connectivity index (χ1) is 11.4. The molecular weight excluding hydrogens is 300 g/mol. The minimum Gasteiger partial charge on any atom is -0.390 e. The van der Waals surface area contributed by atoms with Crippen LogP contribution in [-0.4, -0.2) is 32.6 Å². The third-order valence-corrected chi connectivity index (χ3v) is 8.77. The van der Waals surface area contributed by atoms with Crippen molar-refractivity contribution >= 4 is 0 Å². The van der Waals surface area contributed by atoms with Gasteiger partial charge in [0.25, 0.3) is 0 Å². The Morgan fingerprint density at radius 1 is 1.08 bits per heavy atom. The number of hydrogen-bond donors (Lipinski definition) is 3. The van der Waals surface area contributed by atoms with Crippen LogP contribution >= 0.6 is 0 Å². The lowest BCUT2D eigenvalue weighted by molar-refractivity contribution is -0.203. The van der Waals surface area contributed by atoms with Gasteiger partial charge >= 0.3 is 0 Å². The van der Waals surface area contributed by atoms with E-state index in [1.807, 2.05) is 6.20 Å². The Kier molecular flexibility index (Phi) is 3.11. The van der Waals surface area contributed by atoms with Gasteiger partial charge in [-0.15, -0.1) is 0 Å². The molecule has 8 unspecified atom stereocenters. The topological polar surface area (TPSA) is 69.1 Å². The summed E-state index contributed by atoms with van der Waals surface area (Å²) in [5, 5.41) is 29.5. The second-order valence-electron chi connectivity index (χ2n) is 9.72. The molecule has 0 bridgehead atoms. The fraction of sp³-hybridized carbons (Fsp3) is 0.850. The molecule has 4 heteroatoms. The first-order valence-corrected chi connectivity index (χ1v) is 9.81. The average molecular weight is 330 g/mol. The van der Waals surface area contributed by atoms with E-state index in [4.69, 9.17) is 0 Å². The zero-order chi connectivity index (χ0) is 16.7. The lowest BCUT2D eigenvalue weighted by atomic mass is 9.44. The fourth-order valence-electron chi connectivity index (χ4n) is 7.47. The van der Waals surface area contributed by atoms with Crippen LogP contribution in [0.25, 0.3) is 0 Å². The van der Waals surface area contributed by atoms with Crippen molar-refractivity contribution in [2.75, 3.05) is 0 Å². The van der Waals surface area contributed by atoms with Crippen molar-refractivity contribution in [3.8, 4) is 0 Å². The molecule has 0 aliphatic heterocycles. The summed E-state index contributed by atoms with van der Waals surface area (Å²) in [5.74, 6) is 1.54. The van der Waals surface area contributed by atoms with Crippen molar-refractivity contribution in [1.29, 1.82) is 0 Å². The van der Waals surface area contributed by atoms with E-state index < -0.39 is 12.2 Å². The molecule has 8 atom stereocenters. The van der Waals surface area contributed by atoms with E-state index in [1.165, 1.54) is 43.4 Å². The molecule has 0 spiro atoms. The van der Waals surface area contributed by atoms with Crippen molar-refractivity contribution in [3.63, 3.8) is 0 Å². The van der Waals surface area contributed by atoms with Crippen LogP contribution in [0.1, 0.15) is 57.2 Å². The molecule has 132 valence electrons. The van der Waals surface area contributed by atoms with Crippen molar-refractivity contribution in [1.82, 2.24) is 10.2 Å². The van der Waals surface area contributed by atoms with E-state index in [1.54, 1.807) is 0 Å². The normalized spacial score (nSPS) is 53.0. The van der Waals surface area contributed by atoms with Crippen LogP contribution < -0.4 is 0 Å². The lowest BCUT2D eigenvalue weighted by Crippen LogP contribution is -2.64. The summed E-state index contributed by atoms with van der Waals surface area (Å²) in [6, 6.07) is 0. The van der Waals surface area contributed by atoms with Gasteiger partial charge in [-0.1, -0.05) is 20.3 Å². The van der Waals surface area contributed by atoms with Crippen LogP contribution in [0.3, 0.4) is 0 Å². The van der Waals surface area contributed by atoms with Crippen LogP contribution in [0.5, 0.6) is 0 Å². The molecule has 4 aliphatic rings. The highest BCUT2D eigenvalue weighted by Gasteiger charge is 2.63. The van der Waals surface area contributed by atoms with E-state index in [0.717, 1.165) is 12.8 Å². The summed E-state index contributed by atoms with van der Waals surface area (Å²) in [7, 11) is 0. The lowest BCUT2D eigenvalue weighted by Gasteiger charge is -2.62. The van der Waals surface area contributed by atoms with Crippen molar-refractivity contribution in [3.05, 3.63) is 17.5 Å². The predicted molar refractivity (Wildman–Crippen MR) is 91.3 cm³/mol. The number of nitrogens with one attached hydrogen (secondary N) is 1. The third-order valence-electron chi connectivity index (χ3n) is 8.77. The highest BCUT2D eigenvalue weighted by molar-refractivity contribution is 5.27. The van der Waals surface area contributed by atoms with Gasteiger partial charge in [-0.05, 0) is 78.6 Å². The van der Waals surface area contributed by atoms with E-state index in [0.29, 0.717) is 17.3 Å². The first-order valence-electron chi connectivity index (χ1n) is 9.81. The SMILES string of the molecule is CC12CCCC1C1C(O)C(O)C3Cc4[nH]ncc4CC3(C)C1CC2. The molecule has 1 aromatic heterocycles. The molecule has 5 rings (SSSR count). The number of aromatic nitrogens is 2. The van der Waals surface area contributed by atoms with Gasteiger partial charge in [0.15, 0.2) is 0 Å². The summed E-state index contributed by atoms with van der Waals surface area (Å²) in [6.07, 6.45) is 8.98. The molecule has 4 nitrogen and oxygen atoms in total. The zero-order valence-corrected chi connectivity index (χ0v) is 14.8. The van der Waals surface area contributed by atoms with E-state index in [-0.39, 0.29) is 17.3 Å². The Bertz CT molecular complexity index is 658. The minimum atomic E-state index is -0.601. The zero-order valence-electron chi connectivity index (χ0n) is 14.8. The Labute approximate surface area is 144 Å². The minimum absolute atomic E-state index is 0.0874. The largest absolute Gasteiger partial charge is 0.390 e. The monoisotopic (exact) mass is 330 g/mol. The smallest absolute Gasteiger partial charge is 0.0839 e. The second kappa shape index (κ2) is 4.85. The van der Waals surface area contributed by atoms with E-state index >= 15 is 0 Å². The molecule has 4 aliphatic carbocycles. The van der Waals surface area contributed by atoms with Crippen molar-refractivity contribution in [2.45, 2.75) is 71.0 Å². The molecular formula is C20H30N2O2. The summed E-state index contributed by atoms with van der Waals surface area (Å²) >= 11 is 0. The number of aromatic amines is 1. The number of nitrogens with zero attached hydrogens (tertiary/aromatic N) is 1. The molecule has 3 fully saturated rings. The van der Waals surface area contributed by atoms with Crippen LogP contribution in [0, 0.1) is 34.5 Å². The molecule has 1 heterocycles. The Balaban J connectivity index is 1.58. The van der Waals surface area contributed by atoms with Crippen molar-refractivity contribution < 1.29 is 10.2 Å². The molecule has 0 aromatic carbocycles. The highest BCUT2D eigenvalue weighted by atomic mass is 16.3. The van der Waals surface area contributed by atoms with Crippen LogP contribution in [-0.2, 0) is 12.8 Å². The Morgan fingerprint density at radius 3 is 2.75 bits per heavy atom. The predicted octanol–water partition coefficient (Wildman–Crippen LogP) is 2.70. The Hall–Kier alpha value is -0.870. The van der Waals surface area contributed by atoms with Gasteiger partial charge in [0.1, 0.15) is 0 Å². The van der Waals surface area contributed by atoms with Gasteiger partial charge in [0, 0.05) is 5.69 Å². The maximum atomic E-state index is 11.1. The van der Waals surface area contributed by atoms with E-state index in [2.05, 4.69) is 24.0 Å². The number of aliphatic hydroxyl groups is 2. The van der Waals surface area contributed by atoms with Crippen LogP contribution in [0.2, 0.25) is 0 Å². The molecule has 24 heavy (non-hydrogen) atoms. The van der Waals surface area contributed by atoms with Gasteiger partial charge in [-0.2, -0.15) is 5.10 Å². The van der Waals surface area contributed by atoms with Crippen molar-refractivity contribution in [2.24, 2.45) is 34.5 Å². The Morgan fingerprint density at radius 2 is 1.92 bits per heavy atom. The number of fused-ring (bicyclic) bond motifs is 6. The maximum Gasteiger partial charge on any atom is 0.0839 e. The quantitative estimate of drug-likeness (QED) is 0.685. The standard InChI is InChI=1S/C20H30N2O2/c1-19-6-3-4-12(19)16-13(5-7-19)20(2)9-11-10-21-22-15(11)8-14(20)17(23)18(16)24/h10,12-14,16-18,23-24H,3-9H2,1-2H3,(H,21,22). The van der Waals surface area contributed by atoms with Crippen LogP contribution in [0.4, 0.5) is 0 Å². The number of H-pyrrole nitrogens is 1.